The van der Waals surface area contributed by atoms with Gasteiger partial charge in [0.05, 0.1) is 22.6 Å². The lowest BCUT2D eigenvalue weighted by molar-refractivity contribution is -0.117. The normalized spacial score (nSPS) is 13.7. The van der Waals surface area contributed by atoms with E-state index in [0.29, 0.717) is 11.3 Å². The molecule has 2 aromatic carbocycles. The number of carboxylic acid groups (broad SMARTS) is 1. The number of hydrogen-bond donors (Lipinski definition) is 2. The third-order valence-electron chi connectivity index (χ3n) is 3.89. The molecule has 1 aliphatic rings. The summed E-state index contributed by atoms with van der Waals surface area (Å²) in [6.07, 6.45) is 0.0789. The highest BCUT2D eigenvalue weighted by Crippen LogP contribution is 2.30. The van der Waals surface area contributed by atoms with Crippen LogP contribution in [0.15, 0.2) is 41.3 Å². The van der Waals surface area contributed by atoms with E-state index in [9.17, 15) is 22.4 Å². The molecule has 2 aromatic rings. The van der Waals surface area contributed by atoms with Gasteiger partial charge in [-0.3, -0.25) is 9.52 Å². The summed E-state index contributed by atoms with van der Waals surface area (Å²) in [4.78, 5) is 24.2. The van der Waals surface area contributed by atoms with Crippen molar-refractivity contribution < 1.29 is 27.5 Å². The highest BCUT2D eigenvalue weighted by molar-refractivity contribution is 7.92. The Morgan fingerprint density at radius 2 is 1.96 bits per heavy atom. The van der Waals surface area contributed by atoms with E-state index in [1.54, 1.807) is 7.05 Å². The molecule has 3 rings (SSSR count). The maximum absolute atomic E-state index is 13.4. The molecule has 0 atom stereocenters. The van der Waals surface area contributed by atoms with E-state index in [0.717, 1.165) is 18.2 Å². The number of amides is 1. The van der Waals surface area contributed by atoms with Crippen LogP contribution in [0.4, 0.5) is 15.8 Å². The number of carbonyl (C=O) groups is 2. The van der Waals surface area contributed by atoms with E-state index in [-0.39, 0.29) is 28.5 Å². The Balaban J connectivity index is 1.99. The Labute approximate surface area is 142 Å². The predicted octanol–water partition coefficient (Wildman–Crippen LogP) is 1.84. The van der Waals surface area contributed by atoms with E-state index in [1.165, 1.54) is 23.1 Å². The van der Waals surface area contributed by atoms with Crippen LogP contribution in [-0.4, -0.2) is 32.4 Å². The second kappa shape index (κ2) is 5.85. The largest absolute Gasteiger partial charge is 0.478 e. The van der Waals surface area contributed by atoms with Gasteiger partial charge < -0.3 is 10.0 Å². The van der Waals surface area contributed by atoms with Gasteiger partial charge in [0.25, 0.3) is 10.0 Å². The minimum absolute atomic E-state index is 0.0789. The van der Waals surface area contributed by atoms with Crippen molar-refractivity contribution in [1.29, 1.82) is 0 Å². The molecule has 0 fully saturated rings. The summed E-state index contributed by atoms with van der Waals surface area (Å²) in [6, 6.07) is 6.85. The molecule has 0 bridgehead atoms. The molecule has 25 heavy (non-hydrogen) atoms. The lowest BCUT2D eigenvalue weighted by Crippen LogP contribution is -2.20. The SMILES string of the molecule is CN1C(=O)Cc2cc(S(=O)(=O)Nc3cc(F)ccc3C(=O)O)ccc21. The van der Waals surface area contributed by atoms with Crippen molar-refractivity contribution >= 4 is 33.3 Å². The molecular weight excluding hydrogens is 351 g/mol. The molecule has 0 radical (unpaired) electrons. The summed E-state index contributed by atoms with van der Waals surface area (Å²) in [5.41, 5.74) is 0.413. The Morgan fingerprint density at radius 1 is 1.24 bits per heavy atom. The second-order valence-corrected chi connectivity index (χ2v) is 7.20. The Bertz CT molecular complexity index is 1000. The van der Waals surface area contributed by atoms with Gasteiger partial charge in [-0.15, -0.1) is 0 Å². The first-order chi connectivity index (χ1) is 11.7. The van der Waals surface area contributed by atoms with E-state index in [4.69, 9.17) is 5.11 Å². The Hall–Kier alpha value is -2.94. The van der Waals surface area contributed by atoms with Gasteiger partial charge in [-0.1, -0.05) is 0 Å². The zero-order chi connectivity index (χ0) is 18.4. The number of hydrogen-bond acceptors (Lipinski definition) is 4. The highest BCUT2D eigenvalue weighted by atomic mass is 32.2. The number of fused-ring (bicyclic) bond motifs is 1. The van der Waals surface area contributed by atoms with E-state index in [1.807, 2.05) is 0 Å². The van der Waals surface area contributed by atoms with Crippen LogP contribution in [0.3, 0.4) is 0 Å². The van der Waals surface area contributed by atoms with Gasteiger partial charge in [0.2, 0.25) is 5.91 Å². The molecule has 1 amide bonds. The van der Waals surface area contributed by atoms with Crippen LogP contribution in [0.1, 0.15) is 15.9 Å². The maximum Gasteiger partial charge on any atom is 0.337 e. The minimum atomic E-state index is -4.15. The summed E-state index contributed by atoms with van der Waals surface area (Å²) in [5.74, 6) is -2.32. The minimum Gasteiger partial charge on any atom is -0.478 e. The number of likely N-dealkylation sites (N-methyl/N-ethyl adjacent to an activating group) is 1. The van der Waals surface area contributed by atoms with Crippen LogP contribution in [-0.2, 0) is 21.2 Å². The van der Waals surface area contributed by atoms with Gasteiger partial charge in [0.15, 0.2) is 0 Å². The molecule has 0 aliphatic carbocycles. The number of aromatic carboxylic acids is 1. The molecule has 7 nitrogen and oxygen atoms in total. The molecule has 9 heteroatoms. The maximum atomic E-state index is 13.4. The quantitative estimate of drug-likeness (QED) is 0.862. The number of carboxylic acids is 1. The first kappa shape index (κ1) is 16.9. The fourth-order valence-electron chi connectivity index (χ4n) is 2.60. The lowest BCUT2D eigenvalue weighted by Gasteiger charge is -2.13. The Morgan fingerprint density at radius 3 is 2.64 bits per heavy atom. The summed E-state index contributed by atoms with van der Waals surface area (Å²) < 4.78 is 40.5. The molecule has 1 heterocycles. The van der Waals surface area contributed by atoms with Crippen LogP contribution < -0.4 is 9.62 Å². The van der Waals surface area contributed by atoms with Crippen molar-refractivity contribution in [2.75, 3.05) is 16.7 Å². The fourth-order valence-corrected chi connectivity index (χ4v) is 3.73. The molecule has 130 valence electrons. The highest BCUT2D eigenvalue weighted by Gasteiger charge is 2.27. The van der Waals surface area contributed by atoms with Crippen molar-refractivity contribution in [3.63, 3.8) is 0 Å². The van der Waals surface area contributed by atoms with Crippen molar-refractivity contribution in [3.05, 3.63) is 53.3 Å². The van der Waals surface area contributed by atoms with Gasteiger partial charge in [-0.2, -0.15) is 0 Å². The average Bonchev–Trinajstić information content (AvgIpc) is 2.81. The van der Waals surface area contributed by atoms with Crippen LogP contribution in [0, 0.1) is 5.82 Å². The molecule has 0 spiro atoms. The number of nitrogens with one attached hydrogen (secondary N) is 1. The molecule has 0 saturated carbocycles. The van der Waals surface area contributed by atoms with Crippen molar-refractivity contribution in [2.24, 2.45) is 0 Å². The Kier molecular flexibility index (Phi) is 3.96. The third kappa shape index (κ3) is 3.05. The van der Waals surface area contributed by atoms with Gasteiger partial charge in [0.1, 0.15) is 5.82 Å². The topological polar surface area (TPSA) is 104 Å². The fraction of sp³-hybridized carbons (Fsp3) is 0.125. The van der Waals surface area contributed by atoms with Crippen LogP contribution >= 0.6 is 0 Å². The lowest BCUT2D eigenvalue weighted by atomic mass is 10.2. The van der Waals surface area contributed by atoms with Gasteiger partial charge >= 0.3 is 5.97 Å². The number of carbonyl (C=O) groups excluding carboxylic acids is 1. The summed E-state index contributed by atoms with van der Waals surface area (Å²) in [5, 5.41) is 9.11. The number of halogens is 1. The zero-order valence-electron chi connectivity index (χ0n) is 13.0. The molecule has 0 aromatic heterocycles. The third-order valence-corrected chi connectivity index (χ3v) is 5.26. The standard InChI is InChI=1S/C16H13FN2O5S/c1-19-14-5-3-11(6-9(14)7-15(19)20)25(23,24)18-13-8-10(17)2-4-12(13)16(21)22/h2-6,8,18H,7H2,1H3,(H,21,22). The number of benzene rings is 2. The van der Waals surface area contributed by atoms with Gasteiger partial charge in [0, 0.05) is 12.7 Å². The molecular formula is C16H13FN2O5S. The molecule has 2 N–H and O–H groups in total. The van der Waals surface area contributed by atoms with Gasteiger partial charge in [-0.25, -0.2) is 17.6 Å². The van der Waals surface area contributed by atoms with Crippen LogP contribution in [0.2, 0.25) is 0 Å². The number of sulfonamides is 1. The van der Waals surface area contributed by atoms with Gasteiger partial charge in [-0.05, 0) is 42.0 Å². The first-order valence-corrected chi connectivity index (χ1v) is 8.62. The van der Waals surface area contributed by atoms with Crippen LogP contribution in [0.25, 0.3) is 0 Å². The first-order valence-electron chi connectivity index (χ1n) is 7.14. The van der Waals surface area contributed by atoms with Crippen molar-refractivity contribution in [3.8, 4) is 0 Å². The van der Waals surface area contributed by atoms with E-state index >= 15 is 0 Å². The van der Waals surface area contributed by atoms with Crippen molar-refractivity contribution in [2.45, 2.75) is 11.3 Å². The zero-order valence-corrected chi connectivity index (χ0v) is 13.8. The molecule has 1 aliphatic heterocycles. The van der Waals surface area contributed by atoms with E-state index < -0.39 is 21.8 Å². The summed E-state index contributed by atoms with van der Waals surface area (Å²) >= 11 is 0. The smallest absolute Gasteiger partial charge is 0.337 e. The number of nitrogens with zero attached hydrogens (tertiary/aromatic N) is 1. The summed E-state index contributed by atoms with van der Waals surface area (Å²) in [7, 11) is -2.56. The average molecular weight is 364 g/mol. The number of anilines is 2. The number of rotatable bonds is 4. The molecule has 0 unspecified atom stereocenters. The summed E-state index contributed by atoms with van der Waals surface area (Å²) in [6.45, 7) is 0. The monoisotopic (exact) mass is 364 g/mol. The molecule has 0 saturated heterocycles. The van der Waals surface area contributed by atoms with Crippen LogP contribution in [0.5, 0.6) is 0 Å². The van der Waals surface area contributed by atoms with E-state index in [2.05, 4.69) is 4.72 Å². The second-order valence-electron chi connectivity index (χ2n) is 5.52. The van der Waals surface area contributed by atoms with Crippen molar-refractivity contribution in [1.82, 2.24) is 0 Å². The predicted molar refractivity (Wildman–Crippen MR) is 87.7 cm³/mol.